The summed E-state index contributed by atoms with van der Waals surface area (Å²) in [5.74, 6) is 2.62. The van der Waals surface area contributed by atoms with Crippen LogP contribution in [0.5, 0.6) is 0 Å². The Morgan fingerprint density at radius 2 is 1.86 bits per heavy atom. The molecule has 0 saturated heterocycles. The fourth-order valence-electron chi connectivity index (χ4n) is 1.32. The highest BCUT2D eigenvalue weighted by Gasteiger charge is 2.16. The quantitative estimate of drug-likeness (QED) is 0.568. The number of alkyl halides is 1. The van der Waals surface area contributed by atoms with Gasteiger partial charge in [0.15, 0.2) is 0 Å². The Labute approximate surface area is 94.9 Å². The Bertz CT molecular complexity index is 327. The molecule has 0 nitrogen and oxygen atoms in total. The minimum absolute atomic E-state index is 0.303. The lowest BCUT2D eigenvalue weighted by Gasteiger charge is -2.21. The molecule has 0 aliphatic rings. The van der Waals surface area contributed by atoms with E-state index in [-0.39, 0.29) is 0 Å². The average Bonchev–Trinajstić information content (AvgIpc) is 2.19. The molecule has 0 heterocycles. The van der Waals surface area contributed by atoms with Gasteiger partial charge in [-0.1, -0.05) is 47.8 Å². The van der Waals surface area contributed by atoms with Crippen molar-refractivity contribution in [1.82, 2.24) is 0 Å². The summed E-state index contributed by atoms with van der Waals surface area (Å²) < 4.78 is 0. The number of hydrogen-bond acceptors (Lipinski definition) is 0. The summed E-state index contributed by atoms with van der Waals surface area (Å²) in [6.07, 6.45) is 6.37. The van der Waals surface area contributed by atoms with Crippen LogP contribution in [-0.4, -0.2) is 5.33 Å². The topological polar surface area (TPSA) is 0 Å². The van der Waals surface area contributed by atoms with Crippen molar-refractivity contribution >= 4 is 15.9 Å². The first-order valence-corrected chi connectivity index (χ1v) is 5.81. The summed E-state index contributed by atoms with van der Waals surface area (Å²) in [7, 11) is 0. The van der Waals surface area contributed by atoms with Crippen molar-refractivity contribution in [1.29, 1.82) is 0 Å². The fraction of sp³-hybridized carbons (Fsp3) is 0.385. The van der Waals surface area contributed by atoms with Gasteiger partial charge in [0.25, 0.3) is 0 Å². The number of hydrogen-bond donors (Lipinski definition) is 0. The Morgan fingerprint density at radius 3 is 2.29 bits per heavy atom. The summed E-state index contributed by atoms with van der Waals surface area (Å²) in [5, 5.41) is 1.01. The molecule has 1 aromatic carbocycles. The molecule has 0 aliphatic heterocycles. The first kappa shape index (κ1) is 11.3. The van der Waals surface area contributed by atoms with E-state index in [0.717, 1.165) is 17.3 Å². The molecule has 0 spiro atoms. The lowest BCUT2D eigenvalue weighted by Crippen LogP contribution is -2.16. The van der Waals surface area contributed by atoms with Crippen LogP contribution in [0.1, 0.15) is 25.0 Å². The summed E-state index contributed by atoms with van der Waals surface area (Å²) in [6.45, 7) is 4.49. The average molecular weight is 251 g/mol. The Kier molecular flexibility index (Phi) is 3.77. The van der Waals surface area contributed by atoms with Crippen LogP contribution >= 0.6 is 15.9 Å². The van der Waals surface area contributed by atoms with Crippen molar-refractivity contribution < 1.29 is 0 Å². The van der Waals surface area contributed by atoms with E-state index in [0.29, 0.717) is 5.41 Å². The Morgan fingerprint density at radius 1 is 1.29 bits per heavy atom. The van der Waals surface area contributed by atoms with E-state index in [1.165, 1.54) is 5.56 Å². The molecular weight excluding hydrogens is 236 g/mol. The third-order valence-corrected chi connectivity index (χ3v) is 3.68. The van der Waals surface area contributed by atoms with Crippen LogP contribution < -0.4 is 0 Å². The molecule has 1 rings (SSSR count). The van der Waals surface area contributed by atoms with Gasteiger partial charge in [0.2, 0.25) is 0 Å². The van der Waals surface area contributed by atoms with Gasteiger partial charge in [-0.3, -0.25) is 0 Å². The van der Waals surface area contributed by atoms with Crippen LogP contribution in [0.4, 0.5) is 0 Å². The van der Waals surface area contributed by atoms with E-state index in [9.17, 15) is 0 Å². The number of terminal acetylenes is 1. The van der Waals surface area contributed by atoms with Gasteiger partial charge in [0, 0.05) is 10.9 Å². The van der Waals surface area contributed by atoms with Gasteiger partial charge in [-0.25, -0.2) is 0 Å². The van der Waals surface area contributed by atoms with E-state index in [4.69, 9.17) is 6.42 Å². The zero-order valence-electron chi connectivity index (χ0n) is 8.68. The number of rotatable bonds is 3. The van der Waals surface area contributed by atoms with Crippen LogP contribution in [0.3, 0.4) is 0 Å². The van der Waals surface area contributed by atoms with Crippen molar-refractivity contribution in [3.63, 3.8) is 0 Å². The van der Waals surface area contributed by atoms with Gasteiger partial charge in [-0.2, -0.15) is 0 Å². The monoisotopic (exact) mass is 250 g/mol. The fourth-order valence-corrected chi connectivity index (χ4v) is 1.52. The van der Waals surface area contributed by atoms with Gasteiger partial charge in [-0.05, 0) is 29.5 Å². The molecule has 0 bridgehead atoms. The molecule has 1 aromatic rings. The standard InChI is InChI=1S/C13H15Br/c1-4-11-5-7-12(8-6-11)9-13(2,3)10-14/h1,5-8H,9-10H2,2-3H3. The molecule has 0 saturated carbocycles. The molecule has 0 radical (unpaired) electrons. The van der Waals surface area contributed by atoms with Crippen molar-refractivity contribution in [3.05, 3.63) is 35.4 Å². The van der Waals surface area contributed by atoms with Gasteiger partial charge in [-0.15, -0.1) is 6.42 Å². The lowest BCUT2D eigenvalue weighted by atomic mass is 9.88. The second-order valence-electron chi connectivity index (χ2n) is 4.32. The van der Waals surface area contributed by atoms with Gasteiger partial charge < -0.3 is 0 Å². The van der Waals surface area contributed by atoms with Crippen molar-refractivity contribution in [3.8, 4) is 12.3 Å². The van der Waals surface area contributed by atoms with Gasteiger partial charge >= 0.3 is 0 Å². The highest BCUT2D eigenvalue weighted by Crippen LogP contribution is 2.24. The second-order valence-corrected chi connectivity index (χ2v) is 4.88. The van der Waals surface area contributed by atoms with Gasteiger partial charge in [0.05, 0.1) is 0 Å². The summed E-state index contributed by atoms with van der Waals surface area (Å²) >= 11 is 3.52. The predicted molar refractivity (Wildman–Crippen MR) is 65.7 cm³/mol. The molecule has 0 fully saturated rings. The van der Waals surface area contributed by atoms with Crippen molar-refractivity contribution in [2.75, 3.05) is 5.33 Å². The maximum absolute atomic E-state index is 5.30. The van der Waals surface area contributed by atoms with Gasteiger partial charge in [0.1, 0.15) is 0 Å². The maximum Gasteiger partial charge on any atom is 0.0242 e. The zero-order valence-corrected chi connectivity index (χ0v) is 10.3. The molecule has 0 aromatic heterocycles. The smallest absolute Gasteiger partial charge is 0.0242 e. The Hall–Kier alpha value is -0.740. The molecule has 0 aliphatic carbocycles. The van der Waals surface area contributed by atoms with Crippen LogP contribution in [0, 0.1) is 17.8 Å². The van der Waals surface area contributed by atoms with Crippen molar-refractivity contribution in [2.24, 2.45) is 5.41 Å². The molecular formula is C13H15Br. The largest absolute Gasteiger partial charge is 0.115 e. The van der Waals surface area contributed by atoms with E-state index >= 15 is 0 Å². The minimum atomic E-state index is 0.303. The minimum Gasteiger partial charge on any atom is -0.115 e. The lowest BCUT2D eigenvalue weighted by molar-refractivity contribution is 0.425. The highest BCUT2D eigenvalue weighted by molar-refractivity contribution is 9.09. The summed E-state index contributed by atoms with van der Waals surface area (Å²) in [6, 6.07) is 8.22. The molecule has 14 heavy (non-hydrogen) atoms. The van der Waals surface area contributed by atoms with Crippen LogP contribution in [-0.2, 0) is 6.42 Å². The molecule has 0 unspecified atom stereocenters. The Balaban J connectivity index is 2.75. The summed E-state index contributed by atoms with van der Waals surface area (Å²) in [4.78, 5) is 0. The summed E-state index contributed by atoms with van der Waals surface area (Å²) in [5.41, 5.74) is 2.59. The molecule has 0 atom stereocenters. The molecule has 0 N–H and O–H groups in total. The SMILES string of the molecule is C#Cc1ccc(CC(C)(C)CBr)cc1. The number of halogens is 1. The zero-order chi connectivity index (χ0) is 10.6. The predicted octanol–water partition coefficient (Wildman–Crippen LogP) is 3.63. The van der Waals surface area contributed by atoms with E-state index in [1.54, 1.807) is 0 Å². The number of benzene rings is 1. The maximum atomic E-state index is 5.30. The third-order valence-electron chi connectivity index (χ3n) is 2.17. The molecule has 0 amide bonds. The highest BCUT2D eigenvalue weighted by atomic mass is 79.9. The van der Waals surface area contributed by atoms with Crippen LogP contribution in [0.2, 0.25) is 0 Å². The molecule has 74 valence electrons. The first-order chi connectivity index (χ1) is 6.57. The van der Waals surface area contributed by atoms with Crippen LogP contribution in [0.25, 0.3) is 0 Å². The normalized spacial score (nSPS) is 11.0. The van der Waals surface area contributed by atoms with Crippen LogP contribution in [0.15, 0.2) is 24.3 Å². The van der Waals surface area contributed by atoms with E-state index in [2.05, 4.69) is 47.8 Å². The van der Waals surface area contributed by atoms with E-state index in [1.807, 2.05) is 12.1 Å². The van der Waals surface area contributed by atoms with Crippen molar-refractivity contribution in [2.45, 2.75) is 20.3 Å². The second kappa shape index (κ2) is 4.66. The molecule has 1 heteroatoms. The third kappa shape index (κ3) is 3.20. The first-order valence-electron chi connectivity index (χ1n) is 4.69. The van der Waals surface area contributed by atoms with E-state index < -0.39 is 0 Å².